The molecule has 0 spiro atoms. The van der Waals surface area contributed by atoms with Crippen LogP contribution in [0.4, 0.5) is 0 Å². The van der Waals surface area contributed by atoms with Gasteiger partial charge >= 0.3 is 112 Å². The molecule has 5 unspecified atom stereocenters. The van der Waals surface area contributed by atoms with Crippen molar-refractivity contribution in [2.24, 2.45) is 0 Å². The molecule has 0 amide bonds. The van der Waals surface area contributed by atoms with Crippen molar-refractivity contribution in [1.82, 2.24) is 0 Å². The third kappa shape index (κ3) is 4.90. The maximum absolute atomic E-state index is 11.7. The molecule has 0 aliphatic carbocycles. The van der Waals surface area contributed by atoms with Gasteiger partial charge in [0.1, 0.15) is 0 Å². The molecule has 1 fully saturated rings. The van der Waals surface area contributed by atoms with Crippen molar-refractivity contribution >= 4 is 19.5 Å². The Kier molecular flexibility index (Phi) is 5.61. The van der Waals surface area contributed by atoms with Crippen molar-refractivity contribution in [3.8, 4) is 0 Å². The fourth-order valence-electron chi connectivity index (χ4n) is 1.69. The van der Waals surface area contributed by atoms with E-state index in [2.05, 4.69) is 0 Å². The van der Waals surface area contributed by atoms with E-state index in [4.69, 9.17) is 19.7 Å². The average molecular weight is 342 g/mol. The summed E-state index contributed by atoms with van der Waals surface area (Å²) >= 11 is -3.06. The van der Waals surface area contributed by atoms with Crippen LogP contribution in [0.25, 0.3) is 0 Å². The van der Waals surface area contributed by atoms with Crippen LogP contribution >= 0.6 is 0 Å². The van der Waals surface area contributed by atoms with Gasteiger partial charge in [-0.3, -0.25) is 0 Å². The number of aliphatic hydroxyl groups is 3. The number of aliphatic hydroxyl groups excluding tert-OH is 3. The summed E-state index contributed by atoms with van der Waals surface area (Å²) in [4.78, 5) is 10.4. The average Bonchev–Trinajstić information content (AvgIpc) is 2.52. The number of hydrogen-bond acceptors (Lipinski definition) is 7. The van der Waals surface area contributed by atoms with Gasteiger partial charge in [0, 0.05) is 0 Å². The van der Waals surface area contributed by atoms with E-state index in [0.717, 1.165) is 0 Å². The van der Waals surface area contributed by atoms with Gasteiger partial charge in [-0.25, -0.2) is 0 Å². The molecule has 1 aliphatic rings. The molecule has 0 aromatic carbocycles. The van der Waals surface area contributed by atoms with E-state index >= 15 is 0 Å². The number of carboxylic acids is 1. The monoisotopic (exact) mass is 342 g/mol. The Morgan fingerprint density at radius 3 is 2.42 bits per heavy atom. The molecule has 0 saturated carbocycles. The van der Waals surface area contributed by atoms with E-state index in [-0.39, 0.29) is 5.21 Å². The van der Waals surface area contributed by atoms with Crippen LogP contribution in [-0.4, -0.2) is 77.2 Å². The fraction of sp³-hybridized carbons (Fsp3) is 0.900. The van der Waals surface area contributed by atoms with Gasteiger partial charge in [-0.05, 0) is 0 Å². The normalized spacial score (nSPS) is 33.3. The zero-order valence-electron chi connectivity index (χ0n) is 10.7. The van der Waals surface area contributed by atoms with Crippen LogP contribution in [0, 0.1) is 0 Å². The Hall–Kier alpha value is -0.372. The summed E-state index contributed by atoms with van der Waals surface area (Å²) in [5.41, 5.74) is 3.17. The van der Waals surface area contributed by atoms with E-state index in [1.807, 2.05) is 0 Å². The maximum atomic E-state index is 11.7. The fourth-order valence-corrected chi connectivity index (χ4v) is 4.15. The molecule has 0 aromatic rings. The summed E-state index contributed by atoms with van der Waals surface area (Å²) in [7, 11) is 0. The van der Waals surface area contributed by atoms with Gasteiger partial charge in [-0.15, -0.1) is 0 Å². The first-order chi connectivity index (χ1) is 8.61. The number of hydrogen-bond donors (Lipinski definition) is 4. The van der Waals surface area contributed by atoms with Crippen LogP contribution in [0.1, 0.15) is 0 Å². The minimum atomic E-state index is -3.06. The number of rotatable bonds is 6. The van der Waals surface area contributed by atoms with Gasteiger partial charge < -0.3 is 0 Å². The first kappa shape index (κ1) is 16.7. The molecule has 1 aliphatic heterocycles. The summed E-state index contributed by atoms with van der Waals surface area (Å²) < 4.78 is 21.8. The van der Waals surface area contributed by atoms with E-state index in [9.17, 15) is 18.7 Å². The summed E-state index contributed by atoms with van der Waals surface area (Å²) in [5, 5.41) is 37.0. The molecule has 1 heterocycles. The standard InChI is InChI=1S/C10H19AsO8/c1-11(2,17)3-6-7(13)8(14)10(19-6)18-4-5(12)9(15)16/h5-8,10,12-14H,3-4H2,1-2H3,(H,15,16). The van der Waals surface area contributed by atoms with Gasteiger partial charge in [-0.1, -0.05) is 0 Å². The number of carboxylic acid groups (broad SMARTS) is 1. The van der Waals surface area contributed by atoms with Gasteiger partial charge in [0.25, 0.3) is 0 Å². The van der Waals surface area contributed by atoms with E-state index < -0.39 is 56.8 Å². The predicted molar refractivity (Wildman–Crippen MR) is 63.2 cm³/mol. The number of ether oxygens (including phenoxy) is 2. The molecule has 8 nitrogen and oxygen atoms in total. The molecular weight excluding hydrogens is 323 g/mol. The van der Waals surface area contributed by atoms with Gasteiger partial charge in [0.2, 0.25) is 0 Å². The first-order valence-electron chi connectivity index (χ1n) is 5.70. The van der Waals surface area contributed by atoms with Crippen LogP contribution < -0.4 is 0 Å². The third-order valence-corrected chi connectivity index (χ3v) is 5.24. The number of aliphatic carboxylic acids is 1. The molecule has 19 heavy (non-hydrogen) atoms. The second-order valence-electron chi connectivity index (χ2n) is 4.97. The third-order valence-electron chi connectivity index (χ3n) is 2.64. The molecular formula is C10H19AsO8. The summed E-state index contributed by atoms with van der Waals surface area (Å²) in [6.07, 6.45) is -6.41. The van der Waals surface area contributed by atoms with Gasteiger partial charge in [0.15, 0.2) is 0 Å². The summed E-state index contributed by atoms with van der Waals surface area (Å²) in [5.74, 6) is -1.46. The van der Waals surface area contributed by atoms with E-state index in [0.29, 0.717) is 0 Å². The van der Waals surface area contributed by atoms with Gasteiger partial charge in [-0.2, -0.15) is 0 Å². The summed E-state index contributed by atoms with van der Waals surface area (Å²) in [6, 6.07) is 0. The molecule has 5 atom stereocenters. The van der Waals surface area contributed by atoms with Crippen LogP contribution in [0.5, 0.6) is 0 Å². The SMILES string of the molecule is C[As](C)(=O)CC1OC(OCC(O)C(=O)O)C(O)C1O. The second-order valence-corrected chi connectivity index (χ2v) is 12.3. The van der Waals surface area contributed by atoms with E-state index in [1.54, 1.807) is 11.4 Å². The number of carbonyl (C=O) groups is 1. The van der Waals surface area contributed by atoms with Crippen LogP contribution in [0.15, 0.2) is 0 Å². The first-order valence-corrected chi connectivity index (χ1v) is 11.5. The zero-order chi connectivity index (χ0) is 14.8. The van der Waals surface area contributed by atoms with Gasteiger partial charge in [0.05, 0.1) is 0 Å². The predicted octanol–water partition coefficient (Wildman–Crippen LogP) is -1.47. The minimum absolute atomic E-state index is 0.137. The molecule has 4 N–H and O–H groups in total. The Morgan fingerprint density at radius 2 is 1.95 bits per heavy atom. The van der Waals surface area contributed by atoms with Crippen LogP contribution in [0.3, 0.4) is 0 Å². The second kappa shape index (κ2) is 6.39. The molecule has 0 aromatic heterocycles. The molecule has 112 valence electrons. The molecule has 0 radical (unpaired) electrons. The van der Waals surface area contributed by atoms with Crippen molar-refractivity contribution in [1.29, 1.82) is 0 Å². The van der Waals surface area contributed by atoms with E-state index in [1.165, 1.54) is 0 Å². The Bertz CT molecular complexity index is 367. The molecule has 9 heteroatoms. The van der Waals surface area contributed by atoms with Crippen molar-refractivity contribution < 1.29 is 38.4 Å². The topological polar surface area (TPSA) is 134 Å². The quantitative estimate of drug-likeness (QED) is 0.430. The Balaban J connectivity index is 2.54. The van der Waals surface area contributed by atoms with Crippen molar-refractivity contribution in [2.75, 3.05) is 6.61 Å². The van der Waals surface area contributed by atoms with Crippen LogP contribution in [0.2, 0.25) is 16.6 Å². The Labute approximate surface area is 112 Å². The molecule has 1 rings (SSSR count). The van der Waals surface area contributed by atoms with Crippen molar-refractivity contribution in [3.05, 3.63) is 0 Å². The molecule has 1 saturated heterocycles. The Morgan fingerprint density at radius 1 is 1.37 bits per heavy atom. The van der Waals surface area contributed by atoms with Crippen LogP contribution in [-0.2, 0) is 18.0 Å². The van der Waals surface area contributed by atoms with Crippen molar-refractivity contribution in [2.45, 2.75) is 47.3 Å². The zero-order valence-corrected chi connectivity index (χ0v) is 12.5. The summed E-state index contributed by atoms with van der Waals surface area (Å²) in [6.45, 7) is -0.572. The molecule has 0 bridgehead atoms. The van der Waals surface area contributed by atoms with Crippen molar-refractivity contribution in [3.63, 3.8) is 0 Å².